The summed E-state index contributed by atoms with van der Waals surface area (Å²) in [6.07, 6.45) is -35.1. The Morgan fingerprint density at radius 3 is 1.68 bits per heavy atom. The molecule has 0 bridgehead atoms. The highest BCUT2D eigenvalue weighted by Gasteiger charge is 2.54. The Hall–Kier alpha value is -9.80. The molecule has 0 saturated carbocycles. The summed E-state index contributed by atoms with van der Waals surface area (Å²) in [4.78, 5) is 74.2. The van der Waals surface area contributed by atoms with Gasteiger partial charge in [0.15, 0.2) is 70.6 Å². The minimum absolute atomic E-state index is 0.121. The predicted molar refractivity (Wildman–Crippen MR) is 299 cm³/mol. The third-order valence-corrected chi connectivity index (χ3v) is 14.5. The number of carbonyl (C=O) groups is 6. The SMILES string of the molecule is O=C(/C=C/c1ccc(O)c(O)c1)OC[C@@H]1O[C@@H](Oc2cc(O)c3c(c2)[OH+]C(c2cc(O)c(O)c(O)c2)C(O[C@@H]2O[C@H](COC(=O)CC(=O)O[C@@H](C(=O)O)[C@H](O)C(=O)O)[C@H](O)[C@H](O)[C@H]2O[C@@H]2O[C@H](CO)[C@@H](O)[C@H](O)[C@H]2OC(=O)/C=C/c2ccc(O)c(O)c2)=C3)[C@@H](O)[C@@H](O)[C@@H]1O. The van der Waals surface area contributed by atoms with Gasteiger partial charge in [0.25, 0.3) is 11.9 Å². The molecule has 4 aromatic carbocycles. The maximum atomic E-state index is 13.3. The summed E-state index contributed by atoms with van der Waals surface area (Å²) in [5.74, 6) is -17.0. The summed E-state index contributed by atoms with van der Waals surface area (Å²) < 4.78 is 60.2. The first-order chi connectivity index (χ1) is 44.4. The number of aliphatic carboxylic acids is 2. The van der Waals surface area contributed by atoms with Crippen LogP contribution in [0, 0.1) is 0 Å². The zero-order valence-electron chi connectivity index (χ0n) is 47.9. The van der Waals surface area contributed by atoms with Crippen molar-refractivity contribution in [3.05, 3.63) is 101 Å². The zero-order valence-corrected chi connectivity index (χ0v) is 47.9. The van der Waals surface area contributed by atoms with Crippen LogP contribution in [0.4, 0.5) is 0 Å². The molecule has 8 rings (SSSR count). The highest BCUT2D eigenvalue weighted by molar-refractivity contribution is 5.93. The normalized spacial score (nSPS) is 28.2. The molecule has 0 spiro atoms. The molecule has 3 fully saturated rings. The summed E-state index contributed by atoms with van der Waals surface area (Å²) in [5, 5.41) is 199. The Kier molecular flexibility index (Phi) is 22.3. The number of carboxylic acid groups (broad SMARTS) is 2. The van der Waals surface area contributed by atoms with Gasteiger partial charge in [-0.15, -0.1) is 0 Å². The van der Waals surface area contributed by atoms with Crippen molar-refractivity contribution in [2.24, 2.45) is 0 Å². The minimum atomic E-state index is -2.80. The fourth-order valence-corrected chi connectivity index (χ4v) is 9.52. The number of esters is 4. The van der Waals surface area contributed by atoms with E-state index in [4.69, 9.17) is 47.7 Å². The molecule has 4 aliphatic rings. The average Bonchev–Trinajstić information content (AvgIpc) is 0.767. The van der Waals surface area contributed by atoms with Gasteiger partial charge < -0.3 is 149 Å². The standard InChI is InChI=1S/C58H60O36/c59-17-34-42(72)46(76)52(92-38(68)8-4-21-2-6-26(61)29(64)10-21)58(89-34)94-53-47(77)44(74)36(19-85-39(69)16-40(70)93-51(55(82)83)49(79)54(80)81)91-57(53)88-33-15-24-27(62)13-23(14-32(24)87-50(33)22-11-30(65)41(71)31(66)12-22)86-56-48(78)45(75)43(73)35(90-56)18-84-37(67)7-3-20-1-5-25(60)28(63)9-20/h1-15,34-36,42-53,56-66,71-79H,16-19H2,(H,80,81)(H,82,83)/p+1/b7-3+,8-4+/t34-,35+,36-,42-,43-,44+,45+,46+,47+,48+,49+,50?,51-,52-,53-,56-,57-,58+/m1/s1. The number of ether oxygens (including phenoxy) is 11. The monoisotopic (exact) mass is 1330 g/mol. The van der Waals surface area contributed by atoms with E-state index >= 15 is 0 Å². The Bertz CT molecular complexity index is 3530. The van der Waals surface area contributed by atoms with E-state index in [0.29, 0.717) is 0 Å². The largest absolute Gasteiger partial charge is 0.571 e. The fraction of sp³-hybridized carbons (Fsp3) is 0.379. The van der Waals surface area contributed by atoms with Gasteiger partial charge in [0, 0.05) is 24.3 Å². The molecule has 3 saturated heterocycles. The highest BCUT2D eigenvalue weighted by atomic mass is 16.8. The second-order valence-electron chi connectivity index (χ2n) is 21.0. The van der Waals surface area contributed by atoms with Crippen LogP contribution in [0.25, 0.3) is 18.2 Å². The number of aliphatic hydroxyl groups excluding tert-OH is 9. The van der Waals surface area contributed by atoms with Gasteiger partial charge in [-0.2, -0.15) is 0 Å². The van der Waals surface area contributed by atoms with E-state index in [0.717, 1.165) is 72.8 Å². The second-order valence-corrected chi connectivity index (χ2v) is 21.0. The van der Waals surface area contributed by atoms with Gasteiger partial charge in [-0.1, -0.05) is 12.1 Å². The fourth-order valence-electron chi connectivity index (χ4n) is 9.52. The molecule has 4 heterocycles. The average molecular weight is 1330 g/mol. The number of phenols is 8. The number of aromatic hydroxyl groups is 9. The van der Waals surface area contributed by atoms with E-state index in [1.54, 1.807) is 0 Å². The molecule has 4 aliphatic heterocycles. The van der Waals surface area contributed by atoms with Crippen LogP contribution in [-0.4, -0.2) is 262 Å². The number of aliphatic hydroxyl groups is 10. The van der Waals surface area contributed by atoms with Crippen LogP contribution in [0.3, 0.4) is 0 Å². The summed E-state index contributed by atoms with van der Waals surface area (Å²) >= 11 is 0. The van der Waals surface area contributed by atoms with E-state index in [-0.39, 0.29) is 28.0 Å². The summed E-state index contributed by atoms with van der Waals surface area (Å²) in [6, 6.07) is 10.7. The quantitative estimate of drug-likeness (QED) is 0.00852. The van der Waals surface area contributed by atoms with E-state index < -0.39 is 230 Å². The third-order valence-electron chi connectivity index (χ3n) is 14.5. The van der Waals surface area contributed by atoms with Crippen LogP contribution in [0.2, 0.25) is 0 Å². The lowest BCUT2D eigenvalue weighted by atomic mass is 9.96. The molecule has 18 atom stereocenters. The van der Waals surface area contributed by atoms with E-state index in [1.807, 2.05) is 0 Å². The smallest absolute Gasteiger partial charge is 0.348 e. The maximum Gasteiger partial charge on any atom is 0.348 e. The van der Waals surface area contributed by atoms with Gasteiger partial charge in [0.2, 0.25) is 18.7 Å². The van der Waals surface area contributed by atoms with Crippen LogP contribution in [0.1, 0.15) is 34.8 Å². The van der Waals surface area contributed by atoms with Crippen molar-refractivity contribution in [2.45, 2.75) is 117 Å². The number of carboxylic acids is 2. The molecular formula is C58H61O36+. The van der Waals surface area contributed by atoms with Crippen molar-refractivity contribution in [3.63, 3.8) is 0 Å². The number of carbonyl (C=O) groups excluding carboxylic acids is 4. The van der Waals surface area contributed by atoms with Gasteiger partial charge in [0.05, 0.1) is 18.2 Å². The molecule has 36 nitrogen and oxygen atoms in total. The summed E-state index contributed by atoms with van der Waals surface area (Å²) in [6.45, 7) is -3.02. The molecular weight excluding hydrogens is 1270 g/mol. The Labute approximate surface area is 525 Å². The van der Waals surface area contributed by atoms with Crippen molar-refractivity contribution in [1.82, 2.24) is 0 Å². The molecule has 0 amide bonds. The molecule has 1 unspecified atom stereocenters. The topological polar surface area (TPSA) is 592 Å². The molecule has 508 valence electrons. The van der Waals surface area contributed by atoms with Crippen molar-refractivity contribution >= 4 is 54.0 Å². The van der Waals surface area contributed by atoms with Crippen LogP contribution in [-0.2, 0) is 71.4 Å². The van der Waals surface area contributed by atoms with Gasteiger partial charge >= 0.3 is 35.8 Å². The molecule has 0 aliphatic carbocycles. The molecule has 0 aromatic heterocycles. The third kappa shape index (κ3) is 16.3. The summed E-state index contributed by atoms with van der Waals surface area (Å²) in [7, 11) is 0. The number of hydrogen-bond acceptors (Lipinski definition) is 33. The van der Waals surface area contributed by atoms with Gasteiger partial charge in [0.1, 0.15) is 97.7 Å². The van der Waals surface area contributed by atoms with Crippen LogP contribution < -0.4 is 4.74 Å². The number of benzene rings is 4. The van der Waals surface area contributed by atoms with Crippen molar-refractivity contribution in [2.75, 3.05) is 19.8 Å². The van der Waals surface area contributed by atoms with E-state index in [9.17, 15) is 121 Å². The van der Waals surface area contributed by atoms with Crippen LogP contribution in [0.5, 0.6) is 57.5 Å². The van der Waals surface area contributed by atoms with E-state index in [1.165, 1.54) is 18.2 Å². The number of phenolic OH excluding ortho intramolecular Hbond substituents is 8. The molecule has 20 N–H and O–H groups in total. The molecule has 4 aromatic rings. The highest BCUT2D eigenvalue weighted by Crippen LogP contribution is 2.49. The predicted octanol–water partition coefficient (Wildman–Crippen LogP) is -3.60. The number of fused-ring (bicyclic) bond motifs is 1. The van der Waals surface area contributed by atoms with Crippen LogP contribution in [0.15, 0.2) is 78.6 Å². The Morgan fingerprint density at radius 1 is 0.543 bits per heavy atom. The summed E-state index contributed by atoms with van der Waals surface area (Å²) in [5.41, 5.74) is -0.211. The molecule has 0 radical (unpaired) electrons. The first-order valence-electron chi connectivity index (χ1n) is 27.6. The Balaban J connectivity index is 1.11. The van der Waals surface area contributed by atoms with Crippen LogP contribution >= 0.6 is 0 Å². The lowest BCUT2D eigenvalue weighted by molar-refractivity contribution is -0.364. The number of rotatable bonds is 23. The molecule has 94 heavy (non-hydrogen) atoms. The maximum absolute atomic E-state index is 13.3. The Morgan fingerprint density at radius 2 is 1.10 bits per heavy atom. The van der Waals surface area contributed by atoms with Crippen molar-refractivity contribution in [1.29, 1.82) is 0 Å². The lowest BCUT2D eigenvalue weighted by Gasteiger charge is -2.46. The minimum Gasteiger partial charge on any atom is -0.571 e. The van der Waals surface area contributed by atoms with Gasteiger partial charge in [-0.05, 0) is 59.7 Å². The van der Waals surface area contributed by atoms with Gasteiger partial charge in [-0.3, -0.25) is 9.59 Å². The van der Waals surface area contributed by atoms with Crippen molar-refractivity contribution < 1.29 is 178 Å². The first-order valence-corrected chi connectivity index (χ1v) is 27.6. The number of hydrogen-bond donors (Lipinski definition) is 19. The first kappa shape index (κ1) is 70.1. The van der Waals surface area contributed by atoms with Gasteiger partial charge in [-0.25, -0.2) is 19.2 Å². The molecule has 36 heteroatoms. The zero-order chi connectivity index (χ0) is 68.7. The lowest BCUT2D eigenvalue weighted by Crippen LogP contribution is -2.65. The van der Waals surface area contributed by atoms with Crippen molar-refractivity contribution in [3.8, 4) is 57.5 Å². The second kappa shape index (κ2) is 29.9. The van der Waals surface area contributed by atoms with E-state index in [2.05, 4.69) is 9.47 Å².